The van der Waals surface area contributed by atoms with E-state index in [1.54, 1.807) is 0 Å². The highest BCUT2D eigenvalue weighted by Crippen LogP contribution is 2.36. The third-order valence-corrected chi connectivity index (χ3v) is 3.39. The first-order valence-corrected chi connectivity index (χ1v) is 5.87. The smallest absolute Gasteiger partial charge is 0.103 e. The normalized spacial score (nSPS) is 34.2. The summed E-state index contributed by atoms with van der Waals surface area (Å²) in [6, 6.07) is -0.118. The molecule has 1 saturated heterocycles. The van der Waals surface area contributed by atoms with Crippen LogP contribution in [-0.4, -0.2) is 18.8 Å². The second-order valence-electron chi connectivity index (χ2n) is 5.61. The van der Waals surface area contributed by atoms with Crippen LogP contribution in [0.2, 0.25) is 0 Å². The molecule has 1 aliphatic carbocycles. The van der Waals surface area contributed by atoms with Gasteiger partial charge in [0.2, 0.25) is 0 Å². The van der Waals surface area contributed by atoms with Gasteiger partial charge in [-0.25, -0.2) is 0 Å². The summed E-state index contributed by atoms with van der Waals surface area (Å²) in [4.78, 5) is 10.7. The summed E-state index contributed by atoms with van der Waals surface area (Å²) in [7, 11) is 0. The molecule has 88 valence electrons. The van der Waals surface area contributed by atoms with Crippen molar-refractivity contribution in [1.29, 1.82) is 0 Å². The van der Waals surface area contributed by atoms with Crippen LogP contribution in [0.15, 0.2) is 29.0 Å². The van der Waals surface area contributed by atoms with Crippen LogP contribution in [0.3, 0.4) is 0 Å². The van der Waals surface area contributed by atoms with Crippen LogP contribution < -0.4 is 0 Å². The van der Waals surface area contributed by atoms with Gasteiger partial charge in [0.15, 0.2) is 0 Å². The number of rotatable bonds is 1. The standard InChI is InChI=1S/C13H19NO2/c1-13(2,3)9-4-5-10-11(14-15)6-7-16-12(10)8-9/h4-5,8,10-12H,6-7H2,1-3H3. The van der Waals surface area contributed by atoms with Gasteiger partial charge in [-0.05, 0) is 17.4 Å². The molecular weight excluding hydrogens is 202 g/mol. The van der Waals surface area contributed by atoms with E-state index in [1.165, 1.54) is 5.57 Å². The van der Waals surface area contributed by atoms with Crippen LogP contribution in [0.25, 0.3) is 0 Å². The van der Waals surface area contributed by atoms with E-state index in [1.807, 2.05) is 0 Å². The Morgan fingerprint density at radius 3 is 2.81 bits per heavy atom. The van der Waals surface area contributed by atoms with Gasteiger partial charge in [0.25, 0.3) is 0 Å². The van der Waals surface area contributed by atoms with Crippen molar-refractivity contribution in [2.75, 3.05) is 6.61 Å². The minimum absolute atomic E-state index is 0.0377. The highest BCUT2D eigenvalue weighted by atomic mass is 16.5. The van der Waals surface area contributed by atoms with Gasteiger partial charge in [-0.2, -0.15) is 4.91 Å². The highest BCUT2D eigenvalue weighted by molar-refractivity contribution is 5.32. The number of nitroso groups, excluding NO2 is 1. The second kappa shape index (κ2) is 4.13. The molecule has 0 radical (unpaired) electrons. The van der Waals surface area contributed by atoms with Crippen molar-refractivity contribution in [2.45, 2.75) is 39.3 Å². The number of allylic oxidation sites excluding steroid dienone is 2. The molecule has 3 nitrogen and oxygen atoms in total. The lowest BCUT2D eigenvalue weighted by Crippen LogP contribution is -2.38. The average molecular weight is 221 g/mol. The topological polar surface area (TPSA) is 38.7 Å². The Hall–Kier alpha value is -0.960. The molecule has 0 spiro atoms. The third kappa shape index (κ3) is 2.09. The van der Waals surface area contributed by atoms with E-state index in [4.69, 9.17) is 4.74 Å². The van der Waals surface area contributed by atoms with Gasteiger partial charge in [-0.1, -0.05) is 44.2 Å². The SMILES string of the molecule is CC(C)(C)C1=CC2OCCC(N=O)C2C=C1. The Morgan fingerprint density at radius 2 is 2.19 bits per heavy atom. The molecule has 0 saturated carbocycles. The molecule has 0 bridgehead atoms. The van der Waals surface area contributed by atoms with Crippen molar-refractivity contribution in [3.05, 3.63) is 28.7 Å². The molecule has 0 N–H and O–H groups in total. The zero-order chi connectivity index (χ0) is 11.8. The van der Waals surface area contributed by atoms with Crippen molar-refractivity contribution >= 4 is 0 Å². The van der Waals surface area contributed by atoms with Crippen molar-refractivity contribution in [3.8, 4) is 0 Å². The minimum Gasteiger partial charge on any atom is -0.373 e. The Balaban J connectivity index is 2.21. The second-order valence-corrected chi connectivity index (χ2v) is 5.61. The molecule has 1 heterocycles. The van der Waals surface area contributed by atoms with Crippen LogP contribution in [0.1, 0.15) is 27.2 Å². The molecule has 0 amide bonds. The summed E-state index contributed by atoms with van der Waals surface area (Å²) in [6.45, 7) is 7.19. The molecule has 2 rings (SSSR count). The van der Waals surface area contributed by atoms with E-state index in [0.717, 1.165) is 6.42 Å². The fourth-order valence-electron chi connectivity index (χ4n) is 2.31. The molecule has 16 heavy (non-hydrogen) atoms. The zero-order valence-electron chi connectivity index (χ0n) is 10.1. The summed E-state index contributed by atoms with van der Waals surface area (Å²) in [5.74, 6) is 0.136. The predicted molar refractivity (Wildman–Crippen MR) is 64.1 cm³/mol. The molecule has 0 aromatic heterocycles. The highest BCUT2D eigenvalue weighted by Gasteiger charge is 2.35. The van der Waals surface area contributed by atoms with E-state index in [9.17, 15) is 4.91 Å². The van der Waals surface area contributed by atoms with Gasteiger partial charge in [0.05, 0.1) is 6.10 Å². The number of nitrogens with zero attached hydrogens (tertiary/aromatic N) is 1. The lowest BCUT2D eigenvalue weighted by molar-refractivity contribution is 0.00727. The van der Waals surface area contributed by atoms with Crippen LogP contribution in [-0.2, 0) is 4.74 Å². The molecule has 2 aliphatic rings. The molecule has 0 aromatic carbocycles. The van der Waals surface area contributed by atoms with E-state index in [-0.39, 0.29) is 23.5 Å². The summed E-state index contributed by atoms with van der Waals surface area (Å²) in [5.41, 5.74) is 1.41. The first-order valence-electron chi connectivity index (χ1n) is 5.87. The molecular formula is C13H19NO2. The van der Waals surface area contributed by atoms with Crippen molar-refractivity contribution < 1.29 is 4.74 Å². The van der Waals surface area contributed by atoms with Crippen LogP contribution >= 0.6 is 0 Å². The first kappa shape index (κ1) is 11.5. The molecule has 1 aliphatic heterocycles. The first-order chi connectivity index (χ1) is 7.52. The van der Waals surface area contributed by atoms with Gasteiger partial charge in [-0.15, -0.1) is 0 Å². The molecule has 3 unspecified atom stereocenters. The van der Waals surface area contributed by atoms with Crippen LogP contribution in [0, 0.1) is 16.2 Å². The predicted octanol–water partition coefficient (Wildman–Crippen LogP) is 3.07. The summed E-state index contributed by atoms with van der Waals surface area (Å²) < 4.78 is 5.71. The summed E-state index contributed by atoms with van der Waals surface area (Å²) in [5, 5.41) is 3.21. The van der Waals surface area contributed by atoms with Gasteiger partial charge in [-0.3, -0.25) is 0 Å². The Bertz CT molecular complexity index is 338. The Labute approximate surface area is 96.5 Å². The average Bonchev–Trinajstić information content (AvgIpc) is 2.26. The van der Waals surface area contributed by atoms with Crippen LogP contribution in [0.5, 0.6) is 0 Å². The van der Waals surface area contributed by atoms with Crippen molar-refractivity contribution in [2.24, 2.45) is 16.5 Å². The quantitative estimate of drug-likeness (QED) is 0.638. The maximum Gasteiger partial charge on any atom is 0.103 e. The molecule has 0 aromatic rings. The van der Waals surface area contributed by atoms with E-state index in [0.29, 0.717) is 6.61 Å². The number of hydrogen-bond donors (Lipinski definition) is 0. The fraction of sp³-hybridized carbons (Fsp3) is 0.692. The van der Waals surface area contributed by atoms with E-state index < -0.39 is 0 Å². The summed E-state index contributed by atoms with van der Waals surface area (Å²) in [6.07, 6.45) is 7.15. The Kier molecular flexibility index (Phi) is 2.98. The zero-order valence-corrected chi connectivity index (χ0v) is 10.1. The number of ether oxygens (including phenoxy) is 1. The maximum atomic E-state index is 10.7. The molecule has 3 atom stereocenters. The lowest BCUT2D eigenvalue weighted by atomic mass is 9.78. The molecule has 3 heteroatoms. The molecule has 1 fully saturated rings. The van der Waals surface area contributed by atoms with Gasteiger partial charge in [0, 0.05) is 12.5 Å². The fourth-order valence-corrected chi connectivity index (χ4v) is 2.31. The van der Waals surface area contributed by atoms with Crippen LogP contribution in [0.4, 0.5) is 0 Å². The van der Waals surface area contributed by atoms with E-state index in [2.05, 4.69) is 44.2 Å². The van der Waals surface area contributed by atoms with Gasteiger partial charge in [0.1, 0.15) is 6.04 Å². The van der Waals surface area contributed by atoms with Crippen molar-refractivity contribution in [1.82, 2.24) is 0 Å². The van der Waals surface area contributed by atoms with Gasteiger partial charge < -0.3 is 4.74 Å². The minimum atomic E-state index is -0.118. The number of hydrogen-bond acceptors (Lipinski definition) is 3. The lowest BCUT2D eigenvalue weighted by Gasteiger charge is -2.36. The summed E-state index contributed by atoms with van der Waals surface area (Å²) >= 11 is 0. The van der Waals surface area contributed by atoms with E-state index >= 15 is 0 Å². The monoisotopic (exact) mass is 221 g/mol. The van der Waals surface area contributed by atoms with Gasteiger partial charge >= 0.3 is 0 Å². The Morgan fingerprint density at radius 1 is 1.44 bits per heavy atom. The largest absolute Gasteiger partial charge is 0.373 e. The maximum absolute atomic E-state index is 10.7. The van der Waals surface area contributed by atoms with Crippen molar-refractivity contribution in [3.63, 3.8) is 0 Å². The third-order valence-electron chi connectivity index (χ3n) is 3.39. The number of fused-ring (bicyclic) bond motifs is 1.